The van der Waals surface area contributed by atoms with Gasteiger partial charge in [0, 0.05) is 13.2 Å². The maximum Gasteiger partial charge on any atom is 0.123 e. The summed E-state index contributed by atoms with van der Waals surface area (Å²) in [4.78, 5) is 0. The molecule has 0 aromatic heterocycles. The summed E-state index contributed by atoms with van der Waals surface area (Å²) in [5.41, 5.74) is 7.17. The quantitative estimate of drug-likeness (QED) is 0.752. The van der Waals surface area contributed by atoms with Gasteiger partial charge < -0.3 is 10.5 Å². The largest absolute Gasteiger partial charge is 0.377 e. The van der Waals surface area contributed by atoms with Crippen molar-refractivity contribution in [3.8, 4) is 0 Å². The van der Waals surface area contributed by atoms with Gasteiger partial charge in [-0.05, 0) is 35.6 Å². The van der Waals surface area contributed by atoms with E-state index in [0.717, 1.165) is 30.1 Å². The third kappa shape index (κ3) is 3.58. The summed E-state index contributed by atoms with van der Waals surface area (Å²) in [5.74, 6) is 0.649. The van der Waals surface area contributed by atoms with E-state index < -0.39 is 0 Å². The molecule has 0 radical (unpaired) electrons. The van der Waals surface area contributed by atoms with Crippen molar-refractivity contribution < 1.29 is 9.13 Å². The summed E-state index contributed by atoms with van der Waals surface area (Å²) in [6, 6.07) is 4.88. The van der Waals surface area contributed by atoms with Crippen molar-refractivity contribution in [2.75, 3.05) is 6.61 Å². The Morgan fingerprint density at radius 3 is 2.69 bits per heavy atom. The maximum absolute atomic E-state index is 13.2. The van der Waals surface area contributed by atoms with Gasteiger partial charge in [0.2, 0.25) is 0 Å². The van der Waals surface area contributed by atoms with Gasteiger partial charge in [0.05, 0.1) is 6.61 Å². The molecule has 2 N–H and O–H groups in total. The van der Waals surface area contributed by atoms with Crippen LogP contribution >= 0.6 is 0 Å². The van der Waals surface area contributed by atoms with E-state index in [1.54, 1.807) is 0 Å². The van der Waals surface area contributed by atoms with Crippen molar-refractivity contribution in [1.29, 1.82) is 0 Å². The minimum Gasteiger partial charge on any atom is -0.377 e. The second kappa shape index (κ2) is 5.41. The van der Waals surface area contributed by atoms with Gasteiger partial charge in [-0.2, -0.15) is 0 Å². The molecule has 1 fully saturated rings. The highest BCUT2D eigenvalue weighted by Gasteiger charge is 2.20. The number of halogens is 1. The Hall–Kier alpha value is -0.930. The number of nitrogens with two attached hydrogens (primary N) is 1. The van der Waals surface area contributed by atoms with Crippen LogP contribution in [0, 0.1) is 11.7 Å². The predicted octanol–water partition coefficient (Wildman–Crippen LogP) is 2.60. The first kappa shape index (κ1) is 11.6. The molecule has 1 aliphatic rings. The van der Waals surface area contributed by atoms with Crippen LogP contribution in [0.25, 0.3) is 0 Å². The first-order valence-electron chi connectivity index (χ1n) is 5.84. The average Bonchev–Trinajstić information content (AvgIpc) is 3.07. The Balaban J connectivity index is 1.80. The summed E-state index contributed by atoms with van der Waals surface area (Å²) in [6.07, 6.45) is 3.83. The Kier molecular flexibility index (Phi) is 3.91. The smallest absolute Gasteiger partial charge is 0.123 e. The molecule has 0 amide bonds. The molecule has 2 nitrogen and oxygen atoms in total. The van der Waals surface area contributed by atoms with E-state index in [1.807, 2.05) is 6.07 Å². The van der Waals surface area contributed by atoms with E-state index in [4.69, 9.17) is 10.5 Å². The predicted molar refractivity (Wildman–Crippen MR) is 61.3 cm³/mol. The molecule has 88 valence electrons. The molecule has 1 aliphatic carbocycles. The van der Waals surface area contributed by atoms with Crippen LogP contribution in [0.3, 0.4) is 0 Å². The lowest BCUT2D eigenvalue weighted by molar-refractivity contribution is 0.115. The fourth-order valence-electron chi connectivity index (χ4n) is 1.77. The first-order valence-corrected chi connectivity index (χ1v) is 5.84. The molecule has 2 rings (SSSR count). The molecule has 3 heteroatoms. The molecule has 1 aromatic rings. The lowest BCUT2D eigenvalue weighted by Crippen LogP contribution is -2.01. The van der Waals surface area contributed by atoms with Crippen molar-refractivity contribution in [1.82, 2.24) is 0 Å². The lowest BCUT2D eigenvalue weighted by atomic mass is 10.1. The van der Waals surface area contributed by atoms with Crippen molar-refractivity contribution in [3.05, 3.63) is 35.1 Å². The van der Waals surface area contributed by atoms with Crippen molar-refractivity contribution in [2.45, 2.75) is 32.4 Å². The van der Waals surface area contributed by atoms with Crippen LogP contribution in [-0.2, 0) is 17.9 Å². The van der Waals surface area contributed by atoms with E-state index in [1.165, 1.54) is 25.0 Å². The van der Waals surface area contributed by atoms with Crippen LogP contribution in [0.2, 0.25) is 0 Å². The number of benzene rings is 1. The molecule has 0 atom stereocenters. The Bertz CT molecular complexity index is 350. The van der Waals surface area contributed by atoms with Crippen LogP contribution in [-0.4, -0.2) is 6.61 Å². The lowest BCUT2D eigenvalue weighted by Gasteiger charge is -2.06. The molecule has 0 spiro atoms. The molecule has 0 bridgehead atoms. The fourth-order valence-corrected chi connectivity index (χ4v) is 1.77. The van der Waals surface area contributed by atoms with E-state index in [9.17, 15) is 4.39 Å². The second-order valence-electron chi connectivity index (χ2n) is 4.46. The van der Waals surface area contributed by atoms with E-state index >= 15 is 0 Å². The van der Waals surface area contributed by atoms with Crippen LogP contribution in [0.4, 0.5) is 4.39 Å². The van der Waals surface area contributed by atoms with Crippen LogP contribution in [0.1, 0.15) is 30.4 Å². The zero-order valence-electron chi connectivity index (χ0n) is 9.42. The molecule has 0 aliphatic heterocycles. The Labute approximate surface area is 95.6 Å². The Morgan fingerprint density at radius 2 is 2.00 bits per heavy atom. The van der Waals surface area contributed by atoms with Gasteiger partial charge >= 0.3 is 0 Å². The second-order valence-corrected chi connectivity index (χ2v) is 4.46. The molecule has 0 saturated heterocycles. The molecule has 0 heterocycles. The SMILES string of the molecule is NCc1cc(F)cc(COCCC2CC2)c1. The van der Waals surface area contributed by atoms with Gasteiger partial charge in [-0.15, -0.1) is 0 Å². The normalized spacial score (nSPS) is 15.4. The molecule has 0 unspecified atom stereocenters. The number of rotatable bonds is 6. The Morgan fingerprint density at radius 1 is 1.25 bits per heavy atom. The minimum absolute atomic E-state index is 0.233. The average molecular weight is 223 g/mol. The zero-order valence-corrected chi connectivity index (χ0v) is 9.42. The maximum atomic E-state index is 13.2. The van der Waals surface area contributed by atoms with Crippen molar-refractivity contribution in [3.63, 3.8) is 0 Å². The number of hydrogen-bond donors (Lipinski definition) is 1. The highest BCUT2D eigenvalue weighted by molar-refractivity contribution is 5.24. The highest BCUT2D eigenvalue weighted by Crippen LogP contribution is 2.32. The number of ether oxygens (including phenoxy) is 1. The van der Waals surface area contributed by atoms with Gasteiger partial charge in [-0.1, -0.05) is 18.9 Å². The monoisotopic (exact) mass is 223 g/mol. The third-order valence-corrected chi connectivity index (χ3v) is 2.89. The first-order chi connectivity index (χ1) is 7.78. The van der Waals surface area contributed by atoms with E-state index in [-0.39, 0.29) is 5.82 Å². The summed E-state index contributed by atoms with van der Waals surface area (Å²) in [6.45, 7) is 1.63. The van der Waals surface area contributed by atoms with Crippen LogP contribution in [0.5, 0.6) is 0 Å². The summed E-state index contributed by atoms with van der Waals surface area (Å²) in [7, 11) is 0. The standard InChI is InChI=1S/C13H18FNO/c14-13-6-11(8-15)5-12(7-13)9-16-4-3-10-1-2-10/h5-7,10H,1-4,8-9,15H2. The fraction of sp³-hybridized carbons (Fsp3) is 0.538. The summed E-state index contributed by atoms with van der Waals surface area (Å²) < 4.78 is 18.7. The minimum atomic E-state index is -0.233. The summed E-state index contributed by atoms with van der Waals surface area (Å²) in [5, 5.41) is 0. The van der Waals surface area contributed by atoms with E-state index in [0.29, 0.717) is 13.2 Å². The van der Waals surface area contributed by atoms with Gasteiger partial charge in [-0.25, -0.2) is 4.39 Å². The van der Waals surface area contributed by atoms with Crippen molar-refractivity contribution in [2.24, 2.45) is 11.7 Å². The van der Waals surface area contributed by atoms with Gasteiger partial charge in [-0.3, -0.25) is 0 Å². The topological polar surface area (TPSA) is 35.2 Å². The molecule has 1 saturated carbocycles. The molecule has 1 aromatic carbocycles. The van der Waals surface area contributed by atoms with Crippen LogP contribution < -0.4 is 5.73 Å². The molecular formula is C13H18FNO. The highest BCUT2D eigenvalue weighted by atomic mass is 19.1. The van der Waals surface area contributed by atoms with E-state index in [2.05, 4.69) is 0 Å². The van der Waals surface area contributed by atoms with Crippen molar-refractivity contribution >= 4 is 0 Å². The third-order valence-electron chi connectivity index (χ3n) is 2.89. The molecular weight excluding hydrogens is 205 g/mol. The number of hydrogen-bond acceptors (Lipinski definition) is 2. The van der Waals surface area contributed by atoms with Gasteiger partial charge in [0.1, 0.15) is 5.82 Å². The zero-order chi connectivity index (χ0) is 11.4. The molecule has 16 heavy (non-hydrogen) atoms. The summed E-state index contributed by atoms with van der Waals surface area (Å²) >= 11 is 0. The van der Waals surface area contributed by atoms with Gasteiger partial charge in [0.25, 0.3) is 0 Å². The van der Waals surface area contributed by atoms with Gasteiger partial charge in [0.15, 0.2) is 0 Å². The van der Waals surface area contributed by atoms with Crippen LogP contribution in [0.15, 0.2) is 18.2 Å².